The molecule has 0 amide bonds. The summed E-state index contributed by atoms with van der Waals surface area (Å²) in [5.74, 6) is -1.01. The molecular formula is C60H102O6. The SMILES string of the molecule is CC/C=C\C/C=C\C/C=C\CCCCC(=O)OCC(COC(=O)CCCCCCCCC/C=C\CCCCCCCCCC)OC(=O)CCC/C=C\C/C=C\C/C=C\CCCCCCCC. The van der Waals surface area contributed by atoms with Crippen LogP contribution in [0.3, 0.4) is 0 Å². The number of unbranched alkanes of at least 4 members (excludes halogenated alkanes) is 24. The first kappa shape index (κ1) is 62.6. The number of hydrogen-bond donors (Lipinski definition) is 0. The molecule has 378 valence electrons. The summed E-state index contributed by atoms with van der Waals surface area (Å²) < 4.78 is 16.7. The van der Waals surface area contributed by atoms with Crippen LogP contribution in [0.2, 0.25) is 0 Å². The molecule has 0 N–H and O–H groups in total. The Morgan fingerprint density at radius 2 is 0.606 bits per heavy atom. The lowest BCUT2D eigenvalue weighted by Crippen LogP contribution is -2.30. The van der Waals surface area contributed by atoms with Gasteiger partial charge in [0.25, 0.3) is 0 Å². The summed E-state index contributed by atoms with van der Waals surface area (Å²) in [5, 5.41) is 0. The first-order chi connectivity index (χ1) is 32.5. The molecule has 0 spiro atoms. The van der Waals surface area contributed by atoms with Crippen molar-refractivity contribution in [2.75, 3.05) is 13.2 Å². The molecule has 0 saturated carbocycles. The van der Waals surface area contributed by atoms with E-state index in [2.05, 4.69) is 106 Å². The molecule has 0 saturated heterocycles. The van der Waals surface area contributed by atoms with Crippen molar-refractivity contribution in [2.45, 2.75) is 264 Å². The molecule has 0 aromatic rings. The molecule has 0 aliphatic heterocycles. The van der Waals surface area contributed by atoms with Gasteiger partial charge in [-0.05, 0) is 109 Å². The van der Waals surface area contributed by atoms with Crippen molar-refractivity contribution in [3.63, 3.8) is 0 Å². The van der Waals surface area contributed by atoms with Gasteiger partial charge in [-0.2, -0.15) is 0 Å². The average Bonchev–Trinajstić information content (AvgIpc) is 3.31. The molecule has 6 heteroatoms. The summed E-state index contributed by atoms with van der Waals surface area (Å²) >= 11 is 0. The second kappa shape index (κ2) is 54.2. The van der Waals surface area contributed by atoms with Crippen LogP contribution in [0.5, 0.6) is 0 Å². The summed E-state index contributed by atoms with van der Waals surface area (Å²) in [5.41, 5.74) is 0. The van der Waals surface area contributed by atoms with Gasteiger partial charge in [0.05, 0.1) is 0 Å². The summed E-state index contributed by atoms with van der Waals surface area (Å²) in [4.78, 5) is 38.0. The third-order valence-electron chi connectivity index (χ3n) is 11.6. The third-order valence-corrected chi connectivity index (χ3v) is 11.6. The topological polar surface area (TPSA) is 78.9 Å². The van der Waals surface area contributed by atoms with Crippen LogP contribution < -0.4 is 0 Å². The normalized spacial score (nSPS) is 12.7. The maximum atomic E-state index is 12.8. The zero-order chi connectivity index (χ0) is 47.9. The van der Waals surface area contributed by atoms with Gasteiger partial charge in [-0.25, -0.2) is 0 Å². The van der Waals surface area contributed by atoms with Crippen molar-refractivity contribution in [1.82, 2.24) is 0 Å². The Hall–Kier alpha value is -3.41. The molecule has 0 aliphatic carbocycles. The average molecular weight is 919 g/mol. The van der Waals surface area contributed by atoms with Crippen molar-refractivity contribution >= 4 is 17.9 Å². The van der Waals surface area contributed by atoms with E-state index in [0.717, 1.165) is 77.0 Å². The molecule has 0 heterocycles. The third kappa shape index (κ3) is 51.6. The van der Waals surface area contributed by atoms with Crippen molar-refractivity contribution in [3.05, 3.63) is 85.1 Å². The van der Waals surface area contributed by atoms with E-state index in [1.165, 1.54) is 135 Å². The number of carbonyl (C=O) groups is 3. The number of allylic oxidation sites excluding steroid dienone is 14. The second-order valence-corrected chi connectivity index (χ2v) is 18.1. The fourth-order valence-corrected chi connectivity index (χ4v) is 7.47. The largest absolute Gasteiger partial charge is 0.462 e. The first-order valence-corrected chi connectivity index (χ1v) is 27.6. The van der Waals surface area contributed by atoms with Crippen LogP contribution in [0.1, 0.15) is 258 Å². The minimum absolute atomic E-state index is 0.111. The van der Waals surface area contributed by atoms with Crippen molar-refractivity contribution in [2.24, 2.45) is 0 Å². The van der Waals surface area contributed by atoms with E-state index in [1.54, 1.807) is 0 Å². The predicted molar refractivity (Wildman–Crippen MR) is 284 cm³/mol. The Kier molecular flexibility index (Phi) is 51.4. The molecule has 0 bridgehead atoms. The number of rotatable bonds is 49. The van der Waals surface area contributed by atoms with Gasteiger partial charge < -0.3 is 14.2 Å². The standard InChI is InChI=1S/C60H102O6/c1-4-7-10-13-16-19-22-25-27-29-30-32-33-35-38-41-44-47-50-53-59(62)65-56-57(55-64-58(61)52-49-46-43-40-37-24-21-18-15-12-9-6-3)66-60(63)54-51-48-45-42-39-36-34-31-28-26-23-20-17-14-11-8-5-2/h9,12,18,21,26,28-30,34,36-37,40,42,45,57H,4-8,10-11,13-17,19-20,22-25,27,31-33,35,38-39,41,43-44,46-56H2,1-3H3/b12-9-,21-18-,28-26-,30-29-,36-34-,40-37-,45-42-. The zero-order valence-electron chi connectivity index (χ0n) is 43.2. The Bertz CT molecular complexity index is 1290. The van der Waals surface area contributed by atoms with Crippen molar-refractivity contribution in [1.29, 1.82) is 0 Å². The smallest absolute Gasteiger partial charge is 0.306 e. The molecule has 0 aliphatic rings. The van der Waals surface area contributed by atoms with Gasteiger partial charge in [0, 0.05) is 19.3 Å². The van der Waals surface area contributed by atoms with Crippen molar-refractivity contribution in [3.8, 4) is 0 Å². The summed E-state index contributed by atoms with van der Waals surface area (Å²) in [6, 6.07) is 0. The molecule has 0 aromatic carbocycles. The predicted octanol–water partition coefficient (Wildman–Crippen LogP) is 18.4. The lowest BCUT2D eigenvalue weighted by atomic mass is 10.1. The van der Waals surface area contributed by atoms with E-state index < -0.39 is 6.10 Å². The van der Waals surface area contributed by atoms with Crippen molar-refractivity contribution < 1.29 is 28.6 Å². The van der Waals surface area contributed by atoms with Gasteiger partial charge in [-0.15, -0.1) is 0 Å². The maximum Gasteiger partial charge on any atom is 0.306 e. The number of ether oxygens (including phenoxy) is 3. The molecular weight excluding hydrogens is 817 g/mol. The number of esters is 3. The van der Waals surface area contributed by atoms with Crippen LogP contribution in [0, 0.1) is 0 Å². The quantitative estimate of drug-likeness (QED) is 0.0262. The van der Waals surface area contributed by atoms with Crippen LogP contribution in [-0.4, -0.2) is 37.2 Å². The van der Waals surface area contributed by atoms with Gasteiger partial charge >= 0.3 is 17.9 Å². The molecule has 66 heavy (non-hydrogen) atoms. The highest BCUT2D eigenvalue weighted by molar-refractivity contribution is 5.71. The molecule has 0 radical (unpaired) electrons. The van der Waals surface area contributed by atoms with Gasteiger partial charge in [0.2, 0.25) is 0 Å². The van der Waals surface area contributed by atoms with Crippen LogP contribution >= 0.6 is 0 Å². The lowest BCUT2D eigenvalue weighted by molar-refractivity contribution is -0.167. The van der Waals surface area contributed by atoms with E-state index in [-0.39, 0.29) is 37.5 Å². The molecule has 6 nitrogen and oxygen atoms in total. The monoisotopic (exact) mass is 919 g/mol. The summed E-state index contributed by atoms with van der Waals surface area (Å²) in [7, 11) is 0. The maximum absolute atomic E-state index is 12.8. The molecule has 0 aromatic heterocycles. The van der Waals surface area contributed by atoms with Crippen LogP contribution in [0.15, 0.2) is 85.1 Å². The summed E-state index contributed by atoms with van der Waals surface area (Å²) in [6.07, 6.45) is 70.2. The van der Waals surface area contributed by atoms with Crippen LogP contribution in [-0.2, 0) is 28.6 Å². The van der Waals surface area contributed by atoms with E-state index in [0.29, 0.717) is 19.3 Å². The highest BCUT2D eigenvalue weighted by atomic mass is 16.6. The molecule has 1 atom stereocenters. The fraction of sp³-hybridized carbons (Fsp3) is 0.717. The van der Waals surface area contributed by atoms with Gasteiger partial charge in [0.15, 0.2) is 6.10 Å². The van der Waals surface area contributed by atoms with E-state index >= 15 is 0 Å². The minimum atomic E-state index is -0.820. The number of carbonyl (C=O) groups excluding carboxylic acids is 3. The lowest BCUT2D eigenvalue weighted by Gasteiger charge is -2.18. The van der Waals surface area contributed by atoms with E-state index in [9.17, 15) is 14.4 Å². The zero-order valence-corrected chi connectivity index (χ0v) is 43.2. The molecule has 1 unspecified atom stereocenters. The molecule has 0 fully saturated rings. The summed E-state index contributed by atoms with van der Waals surface area (Å²) in [6.45, 7) is 6.44. The van der Waals surface area contributed by atoms with E-state index in [1.807, 2.05) is 0 Å². The van der Waals surface area contributed by atoms with Gasteiger partial charge in [-0.1, -0.05) is 215 Å². The fourth-order valence-electron chi connectivity index (χ4n) is 7.47. The van der Waals surface area contributed by atoms with Gasteiger partial charge in [-0.3, -0.25) is 14.4 Å². The van der Waals surface area contributed by atoms with E-state index in [4.69, 9.17) is 14.2 Å². The van der Waals surface area contributed by atoms with Crippen LogP contribution in [0.25, 0.3) is 0 Å². The first-order valence-electron chi connectivity index (χ1n) is 27.6. The minimum Gasteiger partial charge on any atom is -0.462 e. The highest BCUT2D eigenvalue weighted by Gasteiger charge is 2.19. The number of hydrogen-bond acceptors (Lipinski definition) is 6. The molecule has 0 rings (SSSR count). The van der Waals surface area contributed by atoms with Crippen LogP contribution in [0.4, 0.5) is 0 Å². The Balaban J connectivity index is 4.46. The highest BCUT2D eigenvalue weighted by Crippen LogP contribution is 2.14. The van der Waals surface area contributed by atoms with Gasteiger partial charge in [0.1, 0.15) is 13.2 Å². The Morgan fingerprint density at radius 3 is 1.02 bits per heavy atom. The Labute approximate surface area is 407 Å². The Morgan fingerprint density at radius 1 is 0.318 bits per heavy atom. The second-order valence-electron chi connectivity index (χ2n) is 18.1.